The van der Waals surface area contributed by atoms with Crippen LogP contribution in [-0.4, -0.2) is 96.0 Å². The van der Waals surface area contributed by atoms with Crippen LogP contribution in [0.5, 0.6) is 17.2 Å². The van der Waals surface area contributed by atoms with Crippen LogP contribution in [0.2, 0.25) is 0 Å². The molecule has 41 heavy (non-hydrogen) atoms. The highest BCUT2D eigenvalue weighted by molar-refractivity contribution is 7.22. The number of carboxylic acids is 1. The van der Waals surface area contributed by atoms with E-state index in [0.29, 0.717) is 30.1 Å². The van der Waals surface area contributed by atoms with Crippen molar-refractivity contribution in [3.05, 3.63) is 77.9 Å². The summed E-state index contributed by atoms with van der Waals surface area (Å²) in [4.78, 5) is 29.7. The molecule has 0 bridgehead atoms. The van der Waals surface area contributed by atoms with Gasteiger partial charge in [0.25, 0.3) is 0 Å². The van der Waals surface area contributed by atoms with Crippen LogP contribution in [0.4, 0.5) is 0 Å². The third-order valence-electron chi connectivity index (χ3n) is 7.07. The molecule has 3 aromatic carbocycles. The van der Waals surface area contributed by atoms with Gasteiger partial charge in [0, 0.05) is 65.4 Å². The lowest BCUT2D eigenvalue weighted by Crippen LogP contribution is -2.48. The summed E-state index contributed by atoms with van der Waals surface area (Å²) in [5, 5.41) is 29.1. The van der Waals surface area contributed by atoms with Gasteiger partial charge in [-0.05, 0) is 72.3 Å². The standard InChI is InChI=1S/C31H32N2O7S/c34-23-5-1-22(2-6-23)31-29(26-10-7-24(35)19-27(26)41-31)30(38)21-3-8-25(9-4-21)40-18-16-33-13-11-32(12-14-33)15-17-39-20-28(36)37/h1-10,19,34-35H,11-18,20H2,(H,36,37). The Morgan fingerprint density at radius 1 is 0.805 bits per heavy atom. The van der Waals surface area contributed by atoms with Crippen LogP contribution in [0.15, 0.2) is 66.7 Å². The van der Waals surface area contributed by atoms with E-state index < -0.39 is 5.97 Å². The summed E-state index contributed by atoms with van der Waals surface area (Å²) in [6.45, 7) is 5.81. The maximum atomic E-state index is 13.7. The van der Waals surface area contributed by atoms with Gasteiger partial charge in [0.15, 0.2) is 5.78 Å². The van der Waals surface area contributed by atoms with Gasteiger partial charge in [-0.15, -0.1) is 11.3 Å². The van der Waals surface area contributed by atoms with Crippen LogP contribution in [0, 0.1) is 0 Å². The van der Waals surface area contributed by atoms with E-state index in [1.807, 2.05) is 12.1 Å². The van der Waals surface area contributed by atoms with Crippen molar-refractivity contribution in [3.8, 4) is 27.7 Å². The largest absolute Gasteiger partial charge is 0.508 e. The monoisotopic (exact) mass is 576 g/mol. The van der Waals surface area contributed by atoms with Crippen molar-refractivity contribution in [2.75, 3.05) is 59.1 Å². The van der Waals surface area contributed by atoms with Crippen LogP contribution in [0.1, 0.15) is 15.9 Å². The smallest absolute Gasteiger partial charge is 0.329 e. The Hall–Kier alpha value is -3.96. The quantitative estimate of drug-likeness (QED) is 0.167. The van der Waals surface area contributed by atoms with E-state index >= 15 is 0 Å². The first kappa shape index (κ1) is 28.6. The fourth-order valence-corrected chi connectivity index (χ4v) is 6.09. The van der Waals surface area contributed by atoms with Crippen molar-refractivity contribution in [2.45, 2.75) is 0 Å². The Morgan fingerprint density at radius 3 is 2.10 bits per heavy atom. The van der Waals surface area contributed by atoms with Crippen molar-refractivity contribution in [1.82, 2.24) is 9.80 Å². The summed E-state index contributed by atoms with van der Waals surface area (Å²) in [7, 11) is 0. The molecule has 0 saturated carbocycles. The van der Waals surface area contributed by atoms with Crippen molar-refractivity contribution in [1.29, 1.82) is 0 Å². The number of hydrogen-bond donors (Lipinski definition) is 3. The molecule has 9 nitrogen and oxygen atoms in total. The molecule has 1 saturated heterocycles. The summed E-state index contributed by atoms with van der Waals surface area (Å²) < 4.78 is 11.9. The van der Waals surface area contributed by atoms with Gasteiger partial charge >= 0.3 is 5.97 Å². The molecular formula is C31H32N2O7S. The minimum absolute atomic E-state index is 0.122. The Bertz CT molecular complexity index is 1490. The van der Waals surface area contributed by atoms with Gasteiger partial charge in [0.1, 0.15) is 30.5 Å². The molecule has 1 aliphatic heterocycles. The Balaban J connectivity index is 1.18. The molecule has 0 spiro atoms. The molecule has 0 amide bonds. The molecule has 0 atom stereocenters. The molecular weight excluding hydrogens is 544 g/mol. The Morgan fingerprint density at radius 2 is 1.44 bits per heavy atom. The van der Waals surface area contributed by atoms with Crippen LogP contribution in [0.3, 0.4) is 0 Å². The SMILES string of the molecule is O=C(O)COCCN1CCN(CCOc2ccc(C(=O)c3c(-c4ccc(O)cc4)sc4cc(O)ccc34)cc2)CC1. The van der Waals surface area contributed by atoms with E-state index in [4.69, 9.17) is 14.6 Å². The van der Waals surface area contributed by atoms with Gasteiger partial charge in [0.2, 0.25) is 0 Å². The van der Waals surface area contributed by atoms with Gasteiger partial charge in [-0.25, -0.2) is 4.79 Å². The van der Waals surface area contributed by atoms with E-state index in [-0.39, 0.29) is 23.9 Å². The van der Waals surface area contributed by atoms with Gasteiger partial charge in [-0.3, -0.25) is 14.6 Å². The number of rotatable bonds is 12. The molecule has 0 radical (unpaired) electrons. The highest BCUT2D eigenvalue weighted by Crippen LogP contribution is 2.41. The van der Waals surface area contributed by atoms with E-state index in [1.54, 1.807) is 54.6 Å². The molecule has 2 heterocycles. The van der Waals surface area contributed by atoms with E-state index in [0.717, 1.165) is 59.8 Å². The van der Waals surface area contributed by atoms with Crippen LogP contribution >= 0.6 is 11.3 Å². The average Bonchev–Trinajstić information content (AvgIpc) is 3.35. The summed E-state index contributed by atoms with van der Waals surface area (Å²) in [6, 6.07) is 18.9. The first-order valence-electron chi connectivity index (χ1n) is 13.4. The zero-order valence-corrected chi connectivity index (χ0v) is 23.3. The molecule has 1 aliphatic rings. The van der Waals surface area contributed by atoms with E-state index in [1.165, 1.54) is 11.3 Å². The predicted octanol–water partition coefficient (Wildman–Crippen LogP) is 4.31. The molecule has 0 aliphatic carbocycles. The van der Waals surface area contributed by atoms with Crippen LogP contribution < -0.4 is 4.74 Å². The third-order valence-corrected chi connectivity index (χ3v) is 8.27. The Kier molecular flexibility index (Phi) is 9.15. The molecule has 3 N–H and O–H groups in total. The van der Waals surface area contributed by atoms with Crippen molar-refractivity contribution >= 4 is 33.2 Å². The number of carbonyl (C=O) groups excluding carboxylic acids is 1. The summed E-state index contributed by atoms with van der Waals surface area (Å²) in [5.41, 5.74) is 1.92. The number of phenols is 2. The lowest BCUT2D eigenvalue weighted by molar-refractivity contribution is -0.142. The lowest BCUT2D eigenvalue weighted by Gasteiger charge is -2.34. The maximum absolute atomic E-state index is 13.7. The normalized spacial score (nSPS) is 14.3. The molecule has 4 aromatic rings. The highest BCUT2D eigenvalue weighted by Gasteiger charge is 2.22. The summed E-state index contributed by atoms with van der Waals surface area (Å²) in [6.07, 6.45) is 0. The average molecular weight is 577 g/mol. The van der Waals surface area contributed by atoms with Crippen molar-refractivity contribution < 1.29 is 34.4 Å². The summed E-state index contributed by atoms with van der Waals surface area (Å²) >= 11 is 1.43. The number of carboxylic acid groups (broad SMARTS) is 1. The zero-order valence-electron chi connectivity index (χ0n) is 22.5. The van der Waals surface area contributed by atoms with Gasteiger partial charge < -0.3 is 24.8 Å². The van der Waals surface area contributed by atoms with Gasteiger partial charge in [-0.2, -0.15) is 0 Å². The lowest BCUT2D eigenvalue weighted by atomic mass is 9.97. The fraction of sp³-hybridized carbons (Fsp3) is 0.290. The number of phenolic OH excluding ortho intramolecular Hbond substituents is 2. The molecule has 1 fully saturated rings. The predicted molar refractivity (Wildman–Crippen MR) is 157 cm³/mol. The fourth-order valence-electron chi connectivity index (χ4n) is 4.86. The number of thiophene rings is 1. The number of fused-ring (bicyclic) bond motifs is 1. The topological polar surface area (TPSA) is 120 Å². The first-order valence-corrected chi connectivity index (χ1v) is 14.3. The number of nitrogens with zero attached hydrogens (tertiary/aromatic N) is 2. The van der Waals surface area contributed by atoms with Crippen LogP contribution in [-0.2, 0) is 9.53 Å². The number of ketones is 1. The molecule has 5 rings (SSSR count). The molecule has 1 aromatic heterocycles. The molecule has 214 valence electrons. The minimum atomic E-state index is -0.950. The zero-order chi connectivity index (χ0) is 28.8. The number of aromatic hydroxyl groups is 2. The molecule has 10 heteroatoms. The highest BCUT2D eigenvalue weighted by atomic mass is 32.1. The Labute approximate surface area is 241 Å². The van der Waals surface area contributed by atoms with Gasteiger partial charge in [0.05, 0.1) is 6.61 Å². The number of hydrogen-bond acceptors (Lipinski definition) is 9. The van der Waals surface area contributed by atoms with Crippen molar-refractivity contribution in [2.24, 2.45) is 0 Å². The van der Waals surface area contributed by atoms with Crippen LogP contribution in [0.25, 0.3) is 20.5 Å². The minimum Gasteiger partial charge on any atom is -0.508 e. The summed E-state index contributed by atoms with van der Waals surface area (Å²) in [5.74, 6) is -0.0922. The number of aliphatic carboxylic acids is 1. The maximum Gasteiger partial charge on any atom is 0.329 e. The number of ether oxygens (including phenoxy) is 2. The first-order chi connectivity index (χ1) is 19.9. The number of benzene rings is 3. The van der Waals surface area contributed by atoms with Gasteiger partial charge in [-0.1, -0.05) is 0 Å². The molecule has 0 unspecified atom stereocenters. The third kappa shape index (κ3) is 7.22. The van der Waals surface area contributed by atoms with E-state index in [2.05, 4.69) is 9.80 Å². The van der Waals surface area contributed by atoms with E-state index in [9.17, 15) is 19.8 Å². The number of piperazine rings is 1. The van der Waals surface area contributed by atoms with Crippen molar-refractivity contribution in [3.63, 3.8) is 0 Å². The number of carbonyl (C=O) groups is 2. The second-order valence-electron chi connectivity index (χ2n) is 9.87. The second-order valence-corrected chi connectivity index (χ2v) is 10.9. The second kappa shape index (κ2) is 13.1.